The van der Waals surface area contributed by atoms with Crippen LogP contribution < -0.4 is 15.4 Å². The topological polar surface area (TPSA) is 80.3 Å². The fourth-order valence-corrected chi connectivity index (χ4v) is 3.13. The van der Waals surface area contributed by atoms with Crippen molar-refractivity contribution in [2.45, 2.75) is 0 Å². The minimum Gasteiger partial charge on any atom is -0.482 e. The fraction of sp³-hybridized carbons (Fsp3) is 0.0556. The number of nitrogens with zero attached hydrogens (tertiary/aromatic N) is 1. The number of nitrogens with one attached hydrogen (secondary N) is 2. The molecule has 0 aliphatic carbocycles. The summed E-state index contributed by atoms with van der Waals surface area (Å²) in [6.07, 6.45) is 1.76. The van der Waals surface area contributed by atoms with E-state index in [4.69, 9.17) is 4.74 Å². The van der Waals surface area contributed by atoms with Crippen molar-refractivity contribution in [3.05, 3.63) is 59.6 Å². The minimum absolute atomic E-state index is 0.00993. The number of rotatable bonds is 3. The number of ether oxygens (including phenoxy) is 1. The van der Waals surface area contributed by atoms with Crippen molar-refractivity contribution < 1.29 is 14.3 Å². The van der Waals surface area contributed by atoms with Gasteiger partial charge >= 0.3 is 0 Å². The average Bonchev–Trinajstić information content (AvgIpc) is 3.16. The van der Waals surface area contributed by atoms with E-state index in [0.29, 0.717) is 22.7 Å². The average molecular weight is 351 g/mol. The molecule has 0 unspecified atom stereocenters. The molecule has 0 saturated heterocycles. The Morgan fingerprint density at radius 2 is 2.04 bits per heavy atom. The number of benzene rings is 2. The molecule has 0 spiro atoms. The first-order valence-electron chi connectivity index (χ1n) is 7.57. The van der Waals surface area contributed by atoms with E-state index in [1.165, 1.54) is 0 Å². The summed E-state index contributed by atoms with van der Waals surface area (Å²) in [4.78, 5) is 28.1. The molecule has 0 atom stereocenters. The van der Waals surface area contributed by atoms with Crippen LogP contribution in [0.25, 0.3) is 10.6 Å². The van der Waals surface area contributed by atoms with Crippen molar-refractivity contribution in [3.8, 4) is 16.3 Å². The van der Waals surface area contributed by atoms with Crippen LogP contribution in [0.15, 0.2) is 54.0 Å². The third-order valence-corrected chi connectivity index (χ3v) is 4.52. The van der Waals surface area contributed by atoms with E-state index in [2.05, 4.69) is 15.6 Å². The third kappa shape index (κ3) is 3.22. The molecule has 1 aromatic heterocycles. The van der Waals surface area contributed by atoms with Crippen LogP contribution in [0, 0.1) is 0 Å². The molecule has 2 N–H and O–H groups in total. The Labute approximate surface area is 147 Å². The van der Waals surface area contributed by atoms with E-state index in [0.717, 1.165) is 10.6 Å². The van der Waals surface area contributed by atoms with E-state index >= 15 is 0 Å². The summed E-state index contributed by atoms with van der Waals surface area (Å²) >= 11 is 1.56. The Bertz CT molecular complexity index is 937. The lowest BCUT2D eigenvalue weighted by atomic mass is 10.1. The maximum Gasteiger partial charge on any atom is 0.262 e. The van der Waals surface area contributed by atoms with Gasteiger partial charge < -0.3 is 15.4 Å². The van der Waals surface area contributed by atoms with Gasteiger partial charge in [0.1, 0.15) is 10.8 Å². The van der Waals surface area contributed by atoms with Gasteiger partial charge in [0.05, 0.1) is 5.69 Å². The molecule has 1 aliphatic rings. The van der Waals surface area contributed by atoms with E-state index in [-0.39, 0.29) is 18.4 Å². The highest BCUT2D eigenvalue weighted by Crippen LogP contribution is 2.29. The van der Waals surface area contributed by atoms with E-state index in [1.807, 2.05) is 29.6 Å². The maximum absolute atomic E-state index is 12.4. The van der Waals surface area contributed by atoms with Crippen LogP contribution in [0.2, 0.25) is 0 Å². The third-order valence-electron chi connectivity index (χ3n) is 3.70. The van der Waals surface area contributed by atoms with Gasteiger partial charge in [-0.2, -0.15) is 0 Å². The van der Waals surface area contributed by atoms with Crippen molar-refractivity contribution in [2.75, 3.05) is 17.2 Å². The molecule has 3 aromatic rings. The van der Waals surface area contributed by atoms with E-state index < -0.39 is 0 Å². The van der Waals surface area contributed by atoms with Gasteiger partial charge in [0.15, 0.2) is 6.61 Å². The van der Waals surface area contributed by atoms with Crippen LogP contribution in [0.5, 0.6) is 5.75 Å². The standard InChI is InChI=1S/C18H13N3O3S/c22-16-10-24-15-6-3-12(9-14(15)21-16)17(23)20-13-4-1-11(2-5-13)18-19-7-8-25-18/h1-9H,10H2,(H,20,23)(H,21,22). The molecule has 2 aromatic carbocycles. The highest BCUT2D eigenvalue weighted by atomic mass is 32.1. The monoisotopic (exact) mass is 351 g/mol. The number of aromatic nitrogens is 1. The van der Waals surface area contributed by atoms with Crippen molar-refractivity contribution >= 4 is 34.5 Å². The van der Waals surface area contributed by atoms with Crippen LogP contribution in [0.4, 0.5) is 11.4 Å². The number of carbonyl (C=O) groups is 2. The molecule has 6 nitrogen and oxygen atoms in total. The molecular weight excluding hydrogens is 338 g/mol. The highest BCUT2D eigenvalue weighted by Gasteiger charge is 2.18. The number of hydrogen-bond acceptors (Lipinski definition) is 5. The van der Waals surface area contributed by atoms with Crippen LogP contribution in [0.3, 0.4) is 0 Å². The van der Waals surface area contributed by atoms with Crippen molar-refractivity contribution in [1.82, 2.24) is 4.98 Å². The van der Waals surface area contributed by atoms with Crippen LogP contribution in [-0.2, 0) is 4.79 Å². The largest absolute Gasteiger partial charge is 0.482 e. The van der Waals surface area contributed by atoms with Crippen molar-refractivity contribution in [1.29, 1.82) is 0 Å². The quantitative estimate of drug-likeness (QED) is 0.758. The number of amides is 2. The summed E-state index contributed by atoms with van der Waals surface area (Å²) in [5, 5.41) is 8.39. The zero-order valence-corrected chi connectivity index (χ0v) is 13.8. The Morgan fingerprint density at radius 1 is 1.20 bits per heavy atom. The lowest BCUT2D eigenvalue weighted by Gasteiger charge is -2.18. The molecule has 124 valence electrons. The number of anilines is 2. The summed E-state index contributed by atoms with van der Waals surface area (Å²) < 4.78 is 5.29. The van der Waals surface area contributed by atoms with E-state index in [1.54, 1.807) is 35.7 Å². The second kappa shape index (κ2) is 6.37. The second-order valence-electron chi connectivity index (χ2n) is 5.42. The molecule has 2 amide bonds. The molecular formula is C18H13N3O3S. The normalized spacial score (nSPS) is 12.7. The zero-order valence-electron chi connectivity index (χ0n) is 13.0. The molecule has 0 fully saturated rings. The Hall–Kier alpha value is -3.19. The lowest BCUT2D eigenvalue weighted by molar-refractivity contribution is -0.118. The molecule has 0 radical (unpaired) electrons. The lowest BCUT2D eigenvalue weighted by Crippen LogP contribution is -2.25. The Morgan fingerprint density at radius 3 is 2.80 bits per heavy atom. The fourth-order valence-electron chi connectivity index (χ4n) is 2.49. The van der Waals surface area contributed by atoms with Crippen LogP contribution >= 0.6 is 11.3 Å². The van der Waals surface area contributed by atoms with Gasteiger partial charge in [-0.1, -0.05) is 0 Å². The molecule has 0 bridgehead atoms. The summed E-state index contributed by atoms with van der Waals surface area (Å²) in [6.45, 7) is -0.00993. The van der Waals surface area contributed by atoms with Crippen molar-refractivity contribution in [3.63, 3.8) is 0 Å². The van der Waals surface area contributed by atoms with Gasteiger partial charge in [0.2, 0.25) is 0 Å². The van der Waals surface area contributed by atoms with Gasteiger partial charge in [-0.25, -0.2) is 4.98 Å². The van der Waals surface area contributed by atoms with Gasteiger partial charge in [-0.15, -0.1) is 11.3 Å². The van der Waals surface area contributed by atoms with Gasteiger partial charge in [0, 0.05) is 28.4 Å². The van der Waals surface area contributed by atoms with Crippen LogP contribution in [-0.4, -0.2) is 23.4 Å². The summed E-state index contributed by atoms with van der Waals surface area (Å²) in [7, 11) is 0. The van der Waals surface area contributed by atoms with Gasteiger partial charge in [-0.05, 0) is 42.5 Å². The molecule has 1 aliphatic heterocycles. The first kappa shape index (κ1) is 15.3. The summed E-state index contributed by atoms with van der Waals surface area (Å²) in [6, 6.07) is 12.4. The molecule has 4 rings (SSSR count). The zero-order chi connectivity index (χ0) is 17.2. The number of thiazole rings is 1. The Balaban J connectivity index is 1.50. The first-order valence-corrected chi connectivity index (χ1v) is 8.45. The highest BCUT2D eigenvalue weighted by molar-refractivity contribution is 7.13. The van der Waals surface area contributed by atoms with Crippen LogP contribution in [0.1, 0.15) is 10.4 Å². The first-order chi connectivity index (χ1) is 12.2. The maximum atomic E-state index is 12.4. The second-order valence-corrected chi connectivity index (χ2v) is 6.31. The minimum atomic E-state index is -0.260. The van der Waals surface area contributed by atoms with Gasteiger partial charge in [-0.3, -0.25) is 9.59 Å². The SMILES string of the molecule is O=C1COc2ccc(C(=O)Nc3ccc(-c4nccs4)cc3)cc2N1. The summed E-state index contributed by atoms with van der Waals surface area (Å²) in [5.41, 5.74) is 2.63. The number of hydrogen-bond donors (Lipinski definition) is 2. The van der Waals surface area contributed by atoms with Gasteiger partial charge in [0.25, 0.3) is 11.8 Å². The molecule has 7 heteroatoms. The Kier molecular flexibility index (Phi) is 3.91. The predicted octanol–water partition coefficient (Wildman–Crippen LogP) is 3.39. The predicted molar refractivity (Wildman–Crippen MR) is 96.1 cm³/mol. The van der Waals surface area contributed by atoms with E-state index in [9.17, 15) is 9.59 Å². The molecule has 2 heterocycles. The number of carbonyl (C=O) groups excluding carboxylic acids is 2. The van der Waals surface area contributed by atoms with Crippen molar-refractivity contribution in [2.24, 2.45) is 0 Å². The summed E-state index contributed by atoms with van der Waals surface area (Å²) in [5.74, 6) is 0.0661. The number of fused-ring (bicyclic) bond motifs is 1. The molecule has 25 heavy (non-hydrogen) atoms. The molecule has 0 saturated carbocycles. The smallest absolute Gasteiger partial charge is 0.262 e.